The Morgan fingerprint density at radius 3 is 2.25 bits per heavy atom. The van der Waals surface area contributed by atoms with Crippen molar-refractivity contribution in [2.45, 2.75) is 13.0 Å². The molecule has 1 aliphatic rings. The maximum absolute atomic E-state index is 12.6. The van der Waals surface area contributed by atoms with Crippen molar-refractivity contribution in [3.05, 3.63) is 35.9 Å². The number of carbonyl (C=O) groups is 2. The molecule has 5 heteroatoms. The standard InChI is InChI=1S/C15H20N2O3/c1-12(18)20-14(13-6-4-3-5-7-13)15(19)17-10-8-16(2)9-11-17/h3-7,14H,8-11H2,1-2H3/t14-/m1/s1. The summed E-state index contributed by atoms with van der Waals surface area (Å²) in [4.78, 5) is 27.8. The molecule has 1 aromatic carbocycles. The topological polar surface area (TPSA) is 49.9 Å². The van der Waals surface area contributed by atoms with Gasteiger partial charge in [0.25, 0.3) is 5.91 Å². The molecular weight excluding hydrogens is 256 g/mol. The van der Waals surface area contributed by atoms with Crippen molar-refractivity contribution in [2.24, 2.45) is 0 Å². The molecule has 1 aromatic rings. The minimum absolute atomic E-state index is 0.139. The van der Waals surface area contributed by atoms with Gasteiger partial charge in [-0.1, -0.05) is 30.3 Å². The van der Waals surface area contributed by atoms with E-state index >= 15 is 0 Å². The number of esters is 1. The second kappa shape index (κ2) is 6.52. The normalized spacial score (nSPS) is 17.6. The van der Waals surface area contributed by atoms with E-state index in [1.807, 2.05) is 37.4 Å². The maximum Gasteiger partial charge on any atom is 0.303 e. The summed E-state index contributed by atoms with van der Waals surface area (Å²) in [5, 5.41) is 0. The third-order valence-corrected chi connectivity index (χ3v) is 3.43. The number of benzene rings is 1. The van der Waals surface area contributed by atoms with Gasteiger partial charge in [0, 0.05) is 38.7 Å². The van der Waals surface area contributed by atoms with Gasteiger partial charge < -0.3 is 14.5 Å². The Labute approximate surface area is 119 Å². The van der Waals surface area contributed by atoms with Crippen LogP contribution in [0.3, 0.4) is 0 Å². The number of piperazine rings is 1. The summed E-state index contributed by atoms with van der Waals surface area (Å²) in [6.45, 7) is 4.34. The molecule has 0 spiro atoms. The number of amides is 1. The van der Waals surface area contributed by atoms with Gasteiger partial charge >= 0.3 is 5.97 Å². The van der Waals surface area contributed by atoms with E-state index in [9.17, 15) is 9.59 Å². The Kier molecular flexibility index (Phi) is 4.74. The van der Waals surface area contributed by atoms with Gasteiger partial charge in [-0.25, -0.2) is 0 Å². The third-order valence-electron chi connectivity index (χ3n) is 3.43. The van der Waals surface area contributed by atoms with E-state index in [1.165, 1.54) is 6.92 Å². The van der Waals surface area contributed by atoms with E-state index in [2.05, 4.69) is 4.90 Å². The lowest BCUT2D eigenvalue weighted by atomic mass is 10.1. The Balaban J connectivity index is 2.14. The Hall–Kier alpha value is -1.88. The van der Waals surface area contributed by atoms with E-state index in [1.54, 1.807) is 4.90 Å². The van der Waals surface area contributed by atoms with E-state index in [0.29, 0.717) is 18.7 Å². The maximum atomic E-state index is 12.6. The molecule has 0 saturated carbocycles. The first-order chi connectivity index (χ1) is 9.58. The smallest absolute Gasteiger partial charge is 0.303 e. The highest BCUT2D eigenvalue weighted by atomic mass is 16.5. The fourth-order valence-electron chi connectivity index (χ4n) is 2.25. The fourth-order valence-corrected chi connectivity index (χ4v) is 2.25. The van der Waals surface area contributed by atoms with E-state index in [4.69, 9.17) is 4.74 Å². The summed E-state index contributed by atoms with van der Waals surface area (Å²) >= 11 is 0. The first-order valence-corrected chi connectivity index (χ1v) is 6.77. The van der Waals surface area contributed by atoms with Crippen LogP contribution in [0, 0.1) is 0 Å². The van der Waals surface area contributed by atoms with Crippen molar-refractivity contribution < 1.29 is 14.3 Å². The average Bonchev–Trinajstić information content (AvgIpc) is 2.45. The highest BCUT2D eigenvalue weighted by Crippen LogP contribution is 2.21. The molecule has 0 aromatic heterocycles. The van der Waals surface area contributed by atoms with Gasteiger partial charge in [0.05, 0.1) is 0 Å². The van der Waals surface area contributed by atoms with E-state index in [0.717, 1.165) is 13.1 Å². The van der Waals surface area contributed by atoms with Crippen LogP contribution < -0.4 is 0 Å². The van der Waals surface area contributed by atoms with Gasteiger partial charge in [0.1, 0.15) is 0 Å². The number of likely N-dealkylation sites (N-methyl/N-ethyl adjacent to an activating group) is 1. The van der Waals surface area contributed by atoms with Crippen molar-refractivity contribution in [2.75, 3.05) is 33.2 Å². The third kappa shape index (κ3) is 3.57. The van der Waals surface area contributed by atoms with Gasteiger partial charge in [0.15, 0.2) is 0 Å². The molecule has 0 N–H and O–H groups in total. The van der Waals surface area contributed by atoms with Crippen molar-refractivity contribution in [3.63, 3.8) is 0 Å². The molecule has 0 radical (unpaired) electrons. The van der Waals surface area contributed by atoms with Crippen LogP contribution in [-0.4, -0.2) is 54.9 Å². The molecule has 1 saturated heterocycles. The second-order valence-corrected chi connectivity index (χ2v) is 5.03. The van der Waals surface area contributed by atoms with Crippen LogP contribution in [0.4, 0.5) is 0 Å². The second-order valence-electron chi connectivity index (χ2n) is 5.03. The molecule has 1 heterocycles. The molecule has 1 amide bonds. The van der Waals surface area contributed by atoms with Crippen molar-refractivity contribution in [1.82, 2.24) is 9.80 Å². The predicted octanol–water partition coefficient (Wildman–Crippen LogP) is 1.06. The fraction of sp³-hybridized carbons (Fsp3) is 0.467. The number of rotatable bonds is 3. The molecule has 0 unspecified atom stereocenters. The Bertz CT molecular complexity index is 467. The van der Waals surface area contributed by atoms with Crippen molar-refractivity contribution in [3.8, 4) is 0 Å². The molecule has 108 valence electrons. The number of nitrogens with zero attached hydrogens (tertiary/aromatic N) is 2. The first-order valence-electron chi connectivity index (χ1n) is 6.77. The highest BCUT2D eigenvalue weighted by molar-refractivity contribution is 5.84. The number of ether oxygens (including phenoxy) is 1. The quantitative estimate of drug-likeness (QED) is 0.775. The van der Waals surface area contributed by atoms with Crippen LogP contribution in [0.5, 0.6) is 0 Å². The van der Waals surface area contributed by atoms with Crippen LogP contribution >= 0.6 is 0 Å². The predicted molar refractivity (Wildman–Crippen MR) is 75.0 cm³/mol. The van der Waals surface area contributed by atoms with Crippen LogP contribution in [0.1, 0.15) is 18.6 Å². The van der Waals surface area contributed by atoms with Crippen molar-refractivity contribution in [1.29, 1.82) is 0 Å². The zero-order valence-corrected chi connectivity index (χ0v) is 11.9. The van der Waals surface area contributed by atoms with Gasteiger partial charge in [-0.15, -0.1) is 0 Å². The van der Waals surface area contributed by atoms with Crippen molar-refractivity contribution >= 4 is 11.9 Å². The lowest BCUT2D eigenvalue weighted by Gasteiger charge is -2.34. The van der Waals surface area contributed by atoms with Crippen LogP contribution in [0.25, 0.3) is 0 Å². The van der Waals surface area contributed by atoms with Gasteiger partial charge in [0.2, 0.25) is 6.10 Å². The van der Waals surface area contributed by atoms with Gasteiger partial charge in [-0.3, -0.25) is 9.59 Å². The number of carbonyl (C=O) groups excluding carboxylic acids is 2. The summed E-state index contributed by atoms with van der Waals surface area (Å²) < 4.78 is 5.23. The average molecular weight is 276 g/mol. The first kappa shape index (κ1) is 14.5. The molecule has 5 nitrogen and oxygen atoms in total. The molecule has 1 aliphatic heterocycles. The lowest BCUT2D eigenvalue weighted by molar-refractivity contribution is -0.160. The summed E-state index contributed by atoms with van der Waals surface area (Å²) in [5.41, 5.74) is 0.714. The van der Waals surface area contributed by atoms with E-state index < -0.39 is 12.1 Å². The molecule has 0 aliphatic carbocycles. The molecule has 2 rings (SSSR count). The summed E-state index contributed by atoms with van der Waals surface area (Å²) in [6, 6.07) is 9.16. The van der Waals surface area contributed by atoms with E-state index in [-0.39, 0.29) is 5.91 Å². The summed E-state index contributed by atoms with van der Waals surface area (Å²) in [7, 11) is 2.03. The van der Waals surface area contributed by atoms with Crippen LogP contribution in [0.2, 0.25) is 0 Å². The minimum Gasteiger partial charge on any atom is -0.447 e. The Morgan fingerprint density at radius 1 is 1.10 bits per heavy atom. The summed E-state index contributed by atoms with van der Waals surface area (Å²) in [6.07, 6.45) is -0.836. The number of hydrogen-bond donors (Lipinski definition) is 0. The molecular formula is C15H20N2O3. The lowest BCUT2D eigenvalue weighted by Crippen LogP contribution is -2.49. The molecule has 0 bridgehead atoms. The SMILES string of the molecule is CC(=O)O[C@@H](C(=O)N1CCN(C)CC1)c1ccccc1. The Morgan fingerprint density at radius 2 is 1.70 bits per heavy atom. The summed E-state index contributed by atoms with van der Waals surface area (Å²) in [5.74, 6) is -0.583. The van der Waals surface area contributed by atoms with Gasteiger partial charge in [-0.05, 0) is 7.05 Å². The minimum atomic E-state index is -0.836. The van der Waals surface area contributed by atoms with Gasteiger partial charge in [-0.2, -0.15) is 0 Å². The molecule has 1 atom stereocenters. The number of hydrogen-bond acceptors (Lipinski definition) is 4. The highest BCUT2D eigenvalue weighted by Gasteiger charge is 2.30. The molecule has 20 heavy (non-hydrogen) atoms. The monoisotopic (exact) mass is 276 g/mol. The zero-order valence-electron chi connectivity index (χ0n) is 11.9. The molecule has 1 fully saturated rings. The van der Waals surface area contributed by atoms with Crippen LogP contribution in [0.15, 0.2) is 30.3 Å². The zero-order chi connectivity index (χ0) is 14.5. The van der Waals surface area contributed by atoms with Crippen LogP contribution in [-0.2, 0) is 14.3 Å². The largest absolute Gasteiger partial charge is 0.447 e.